The minimum Gasteiger partial charge on any atom is -0.465 e. The Morgan fingerprint density at radius 2 is 2.24 bits per heavy atom. The molecule has 0 bridgehead atoms. The van der Waals surface area contributed by atoms with Crippen molar-refractivity contribution in [2.24, 2.45) is 0 Å². The molecule has 1 N–H and O–H groups in total. The molecule has 1 amide bonds. The van der Waals surface area contributed by atoms with Crippen molar-refractivity contribution in [1.29, 1.82) is 0 Å². The molecule has 5 heterocycles. The van der Waals surface area contributed by atoms with Crippen LogP contribution in [0.5, 0.6) is 0 Å². The summed E-state index contributed by atoms with van der Waals surface area (Å²) >= 11 is 0. The van der Waals surface area contributed by atoms with Gasteiger partial charge in [-0.15, -0.1) is 0 Å². The molecular weight excluding hydrogens is 415 g/mol. The molecule has 1 unspecified atom stereocenters. The molecule has 9 heteroatoms. The Morgan fingerprint density at radius 1 is 1.30 bits per heavy atom. The lowest BCUT2D eigenvalue weighted by molar-refractivity contribution is -0.127. The van der Waals surface area contributed by atoms with E-state index >= 15 is 0 Å². The summed E-state index contributed by atoms with van der Waals surface area (Å²) in [4.78, 5) is 23.8. The number of pyridine rings is 1. The van der Waals surface area contributed by atoms with Crippen LogP contribution >= 0.6 is 0 Å². The van der Waals surface area contributed by atoms with Gasteiger partial charge in [0.15, 0.2) is 5.65 Å². The van der Waals surface area contributed by atoms with Crippen LogP contribution in [0.25, 0.3) is 11.7 Å². The molecule has 0 spiro atoms. The Kier molecular flexibility index (Phi) is 5.93. The van der Waals surface area contributed by atoms with Gasteiger partial charge in [-0.2, -0.15) is 9.61 Å². The topological polar surface area (TPSA) is 88.6 Å². The van der Waals surface area contributed by atoms with Gasteiger partial charge in [-0.05, 0) is 48.1 Å². The molecule has 4 aromatic rings. The van der Waals surface area contributed by atoms with Crippen molar-refractivity contribution in [2.75, 3.05) is 18.4 Å². The van der Waals surface area contributed by atoms with E-state index in [2.05, 4.69) is 21.5 Å². The quantitative estimate of drug-likeness (QED) is 0.365. The van der Waals surface area contributed by atoms with E-state index in [-0.39, 0.29) is 11.8 Å². The summed E-state index contributed by atoms with van der Waals surface area (Å²) in [6, 6.07) is 9.66. The Bertz CT molecular complexity index is 1270. The minimum atomic E-state index is -0.00682. The molecule has 166 valence electrons. The second kappa shape index (κ2) is 9.32. The molecular formula is C24H25BN6O2. The molecule has 0 radical (unpaired) electrons. The van der Waals surface area contributed by atoms with Crippen LogP contribution in [0, 0.1) is 0 Å². The summed E-state index contributed by atoms with van der Waals surface area (Å²) < 4.78 is 7.13. The zero-order valence-corrected chi connectivity index (χ0v) is 18.5. The standard InChI is InChI=1S/C24H25BN6O2/c25-20-15-28-31-22(27-14-17-4-1-9-26-13-17)12-21(29-24(20)31)18-5-2-10-30(16-18)23(32)8-7-19-6-3-11-33-19/h1,3-4,6-9,11-13,15,18,27H,2,5,10,14,16,25H2/b8-7+. The van der Waals surface area contributed by atoms with Gasteiger partial charge in [-0.3, -0.25) is 9.78 Å². The largest absolute Gasteiger partial charge is 0.465 e. The molecule has 8 nitrogen and oxygen atoms in total. The van der Waals surface area contributed by atoms with E-state index in [1.54, 1.807) is 30.7 Å². The zero-order valence-electron chi connectivity index (χ0n) is 18.5. The monoisotopic (exact) mass is 440 g/mol. The molecule has 1 fully saturated rings. The number of hydrogen-bond acceptors (Lipinski definition) is 6. The first-order chi connectivity index (χ1) is 16.2. The van der Waals surface area contributed by atoms with Gasteiger partial charge in [0.25, 0.3) is 0 Å². The van der Waals surface area contributed by atoms with E-state index in [0.717, 1.165) is 47.6 Å². The van der Waals surface area contributed by atoms with Gasteiger partial charge in [-0.25, -0.2) is 4.98 Å². The van der Waals surface area contributed by atoms with Crippen molar-refractivity contribution >= 4 is 36.8 Å². The smallest absolute Gasteiger partial charge is 0.246 e. The van der Waals surface area contributed by atoms with E-state index in [4.69, 9.17) is 9.40 Å². The number of carbonyl (C=O) groups excluding carboxylic acids is 1. The highest BCUT2D eigenvalue weighted by atomic mass is 16.3. The van der Waals surface area contributed by atoms with Crippen molar-refractivity contribution in [2.45, 2.75) is 25.3 Å². The molecule has 0 saturated carbocycles. The summed E-state index contributed by atoms with van der Waals surface area (Å²) in [7, 11) is 2.01. The van der Waals surface area contributed by atoms with Crippen molar-refractivity contribution in [1.82, 2.24) is 24.5 Å². The number of likely N-dealkylation sites (tertiary alicyclic amines) is 1. The summed E-state index contributed by atoms with van der Waals surface area (Å²) in [5.74, 6) is 1.71. The Labute approximate surface area is 192 Å². The van der Waals surface area contributed by atoms with E-state index in [1.807, 2.05) is 47.9 Å². The first kappa shape index (κ1) is 21.0. The highest BCUT2D eigenvalue weighted by Gasteiger charge is 2.26. The highest BCUT2D eigenvalue weighted by Crippen LogP contribution is 2.28. The number of amides is 1. The van der Waals surface area contributed by atoms with Gasteiger partial charge in [0.2, 0.25) is 5.91 Å². The number of furan rings is 1. The molecule has 1 saturated heterocycles. The molecule has 4 aromatic heterocycles. The summed E-state index contributed by atoms with van der Waals surface area (Å²) in [5, 5.41) is 7.99. The number of piperidine rings is 1. The fraction of sp³-hybridized carbons (Fsp3) is 0.250. The van der Waals surface area contributed by atoms with E-state index < -0.39 is 0 Å². The minimum absolute atomic E-state index is 0.00682. The zero-order chi connectivity index (χ0) is 22.6. The van der Waals surface area contributed by atoms with Crippen molar-refractivity contribution in [3.63, 3.8) is 0 Å². The van der Waals surface area contributed by atoms with Crippen LogP contribution in [0.3, 0.4) is 0 Å². The number of hydrogen-bond donors (Lipinski definition) is 1. The summed E-state index contributed by atoms with van der Waals surface area (Å²) in [5.41, 5.74) is 3.92. The number of anilines is 1. The third-order valence-corrected chi connectivity index (χ3v) is 5.95. The number of fused-ring (bicyclic) bond motifs is 1. The molecule has 0 aliphatic carbocycles. The van der Waals surface area contributed by atoms with Crippen LogP contribution in [0.1, 0.15) is 35.8 Å². The van der Waals surface area contributed by atoms with Crippen LogP contribution < -0.4 is 10.8 Å². The lowest BCUT2D eigenvalue weighted by Gasteiger charge is -2.32. The predicted molar refractivity (Wildman–Crippen MR) is 129 cm³/mol. The van der Waals surface area contributed by atoms with Crippen molar-refractivity contribution < 1.29 is 9.21 Å². The molecule has 1 aliphatic heterocycles. The second-order valence-electron chi connectivity index (χ2n) is 8.32. The second-order valence-corrected chi connectivity index (χ2v) is 8.32. The van der Waals surface area contributed by atoms with Gasteiger partial charge in [0.05, 0.1) is 12.0 Å². The van der Waals surface area contributed by atoms with Gasteiger partial charge < -0.3 is 14.6 Å². The van der Waals surface area contributed by atoms with Crippen LogP contribution in [-0.4, -0.2) is 51.3 Å². The number of nitrogens with one attached hydrogen (secondary N) is 1. The average Bonchev–Trinajstić information content (AvgIpc) is 3.52. The molecule has 1 aliphatic rings. The molecule has 0 aromatic carbocycles. The predicted octanol–water partition coefficient (Wildman–Crippen LogP) is 2.01. The SMILES string of the molecule is Bc1cnn2c(NCc3cccnc3)cc(C3CCCN(C(=O)/C=C/c4ccco4)C3)nc12. The first-order valence-electron chi connectivity index (χ1n) is 11.2. The number of aromatic nitrogens is 4. The van der Waals surface area contributed by atoms with Gasteiger partial charge in [0.1, 0.15) is 19.4 Å². The van der Waals surface area contributed by atoms with Crippen LogP contribution in [0.4, 0.5) is 5.82 Å². The normalized spacial score (nSPS) is 16.5. The van der Waals surface area contributed by atoms with E-state index in [9.17, 15) is 4.79 Å². The van der Waals surface area contributed by atoms with Crippen LogP contribution in [0.2, 0.25) is 0 Å². The fourth-order valence-corrected chi connectivity index (χ4v) is 4.19. The maximum Gasteiger partial charge on any atom is 0.246 e. The van der Waals surface area contributed by atoms with E-state index in [1.165, 1.54) is 0 Å². The van der Waals surface area contributed by atoms with Crippen molar-refractivity contribution in [3.05, 3.63) is 78.3 Å². The molecule has 33 heavy (non-hydrogen) atoms. The average molecular weight is 440 g/mol. The van der Waals surface area contributed by atoms with E-state index in [0.29, 0.717) is 18.8 Å². The number of carbonyl (C=O) groups is 1. The van der Waals surface area contributed by atoms with Crippen LogP contribution in [0.15, 0.2) is 65.7 Å². The Balaban J connectivity index is 1.37. The number of nitrogens with zero attached hydrogens (tertiary/aromatic N) is 5. The van der Waals surface area contributed by atoms with Gasteiger partial charge >= 0.3 is 0 Å². The van der Waals surface area contributed by atoms with Crippen LogP contribution in [-0.2, 0) is 11.3 Å². The summed E-state index contributed by atoms with van der Waals surface area (Å²) in [6.45, 7) is 2.02. The maximum absolute atomic E-state index is 12.8. The van der Waals surface area contributed by atoms with Gasteiger partial charge in [0, 0.05) is 56.3 Å². The molecule has 1 atom stereocenters. The third kappa shape index (κ3) is 4.67. The third-order valence-electron chi connectivity index (χ3n) is 5.95. The summed E-state index contributed by atoms with van der Waals surface area (Å²) in [6.07, 6.45) is 12.3. The Morgan fingerprint density at radius 3 is 3.06 bits per heavy atom. The lowest BCUT2D eigenvalue weighted by atomic mass is 9.93. The lowest BCUT2D eigenvalue weighted by Crippen LogP contribution is -2.38. The maximum atomic E-state index is 12.8. The number of rotatable bonds is 6. The Hall–Kier alpha value is -3.88. The van der Waals surface area contributed by atoms with Crippen molar-refractivity contribution in [3.8, 4) is 0 Å². The van der Waals surface area contributed by atoms with Gasteiger partial charge in [-0.1, -0.05) is 6.07 Å². The first-order valence-corrected chi connectivity index (χ1v) is 11.2. The fourth-order valence-electron chi connectivity index (χ4n) is 4.19. The highest BCUT2D eigenvalue weighted by molar-refractivity contribution is 6.36. The molecule has 5 rings (SSSR count).